The Kier molecular flexibility index (Phi) is 3.76. The standard InChI is InChI=1S/C15H9Cl2NO2S/c16-11-5-8(6-12(17)14(11)19)18-15(20)10-7-21-13-4-2-1-3-9(10)13/h1-7,19H,(H,18,20). The number of hydrogen-bond acceptors (Lipinski definition) is 3. The first-order valence-corrected chi connectivity index (χ1v) is 7.65. The molecule has 0 spiro atoms. The number of benzene rings is 2. The molecule has 0 aliphatic carbocycles. The molecule has 0 fully saturated rings. The molecule has 21 heavy (non-hydrogen) atoms. The van der Waals surface area contributed by atoms with E-state index in [4.69, 9.17) is 23.2 Å². The Morgan fingerprint density at radius 2 is 1.81 bits per heavy atom. The SMILES string of the molecule is O=C(Nc1cc(Cl)c(O)c(Cl)c1)c1csc2ccccc12. The van der Waals surface area contributed by atoms with Gasteiger partial charge in [-0.1, -0.05) is 41.4 Å². The van der Waals surface area contributed by atoms with E-state index in [1.165, 1.54) is 23.5 Å². The molecule has 0 saturated carbocycles. The molecule has 3 nitrogen and oxygen atoms in total. The number of anilines is 1. The lowest BCUT2D eigenvalue weighted by molar-refractivity contribution is 0.102. The van der Waals surface area contributed by atoms with Crippen molar-refractivity contribution in [3.63, 3.8) is 0 Å². The maximum atomic E-state index is 12.3. The molecule has 0 saturated heterocycles. The summed E-state index contributed by atoms with van der Waals surface area (Å²) in [6.07, 6.45) is 0. The number of phenols is 1. The molecule has 1 amide bonds. The first-order chi connectivity index (χ1) is 10.1. The van der Waals surface area contributed by atoms with Crippen molar-refractivity contribution < 1.29 is 9.90 Å². The molecule has 3 aromatic rings. The highest BCUT2D eigenvalue weighted by atomic mass is 35.5. The van der Waals surface area contributed by atoms with Crippen LogP contribution in [0.5, 0.6) is 5.75 Å². The number of carbonyl (C=O) groups is 1. The highest BCUT2D eigenvalue weighted by Gasteiger charge is 2.14. The van der Waals surface area contributed by atoms with Crippen LogP contribution in [0.25, 0.3) is 10.1 Å². The van der Waals surface area contributed by atoms with Gasteiger partial charge in [-0.15, -0.1) is 11.3 Å². The van der Waals surface area contributed by atoms with Gasteiger partial charge < -0.3 is 10.4 Å². The second-order valence-corrected chi connectivity index (χ2v) is 6.11. The lowest BCUT2D eigenvalue weighted by Crippen LogP contribution is -2.11. The first kappa shape index (κ1) is 14.2. The number of phenolic OH excluding ortho intramolecular Hbond substituents is 1. The Morgan fingerprint density at radius 1 is 1.14 bits per heavy atom. The summed E-state index contributed by atoms with van der Waals surface area (Å²) < 4.78 is 1.05. The summed E-state index contributed by atoms with van der Waals surface area (Å²) in [6, 6.07) is 10.6. The Labute approximate surface area is 134 Å². The maximum absolute atomic E-state index is 12.3. The Morgan fingerprint density at radius 3 is 2.52 bits per heavy atom. The summed E-state index contributed by atoms with van der Waals surface area (Å²) >= 11 is 13.2. The fraction of sp³-hybridized carbons (Fsp3) is 0. The molecule has 3 rings (SSSR count). The zero-order valence-corrected chi connectivity index (χ0v) is 12.9. The van der Waals surface area contributed by atoms with E-state index >= 15 is 0 Å². The lowest BCUT2D eigenvalue weighted by atomic mass is 10.1. The van der Waals surface area contributed by atoms with Gasteiger partial charge in [-0.05, 0) is 18.2 Å². The molecule has 0 bridgehead atoms. The molecule has 0 aliphatic heterocycles. The van der Waals surface area contributed by atoms with Crippen LogP contribution in [0, 0.1) is 0 Å². The fourth-order valence-corrected chi connectivity index (χ4v) is 3.42. The summed E-state index contributed by atoms with van der Waals surface area (Å²) in [5.74, 6) is -0.442. The van der Waals surface area contributed by atoms with Crippen LogP contribution < -0.4 is 5.32 Å². The monoisotopic (exact) mass is 337 g/mol. The molecule has 2 N–H and O–H groups in total. The molecular formula is C15H9Cl2NO2S. The molecule has 106 valence electrons. The van der Waals surface area contributed by atoms with E-state index in [1.54, 1.807) is 0 Å². The average Bonchev–Trinajstić information content (AvgIpc) is 2.88. The highest BCUT2D eigenvalue weighted by molar-refractivity contribution is 7.17. The van der Waals surface area contributed by atoms with Crippen molar-refractivity contribution in [1.29, 1.82) is 0 Å². The van der Waals surface area contributed by atoms with E-state index < -0.39 is 0 Å². The number of amides is 1. The molecule has 6 heteroatoms. The van der Waals surface area contributed by atoms with E-state index in [-0.39, 0.29) is 21.7 Å². The van der Waals surface area contributed by atoms with Crippen molar-refractivity contribution in [2.45, 2.75) is 0 Å². The van der Waals surface area contributed by atoms with Crippen LogP contribution in [0.15, 0.2) is 41.8 Å². The predicted octanol–water partition coefficient (Wildman–Crippen LogP) is 5.17. The predicted molar refractivity (Wildman–Crippen MR) is 87.9 cm³/mol. The van der Waals surface area contributed by atoms with E-state index in [1.807, 2.05) is 29.6 Å². The van der Waals surface area contributed by atoms with Crippen molar-refractivity contribution in [3.05, 3.63) is 57.4 Å². The van der Waals surface area contributed by atoms with Gasteiger partial charge in [-0.25, -0.2) is 0 Å². The number of rotatable bonds is 2. The van der Waals surface area contributed by atoms with Gasteiger partial charge in [0.2, 0.25) is 0 Å². The van der Waals surface area contributed by atoms with Gasteiger partial charge in [-0.3, -0.25) is 4.79 Å². The van der Waals surface area contributed by atoms with E-state index in [0.717, 1.165) is 10.1 Å². The van der Waals surface area contributed by atoms with E-state index in [9.17, 15) is 9.90 Å². The third-order valence-electron chi connectivity index (χ3n) is 3.00. The number of fused-ring (bicyclic) bond motifs is 1. The van der Waals surface area contributed by atoms with Crippen LogP contribution in [0.2, 0.25) is 10.0 Å². The summed E-state index contributed by atoms with van der Waals surface area (Å²) in [6.45, 7) is 0. The van der Waals surface area contributed by atoms with Crippen molar-refractivity contribution in [2.24, 2.45) is 0 Å². The zero-order valence-electron chi connectivity index (χ0n) is 10.6. The van der Waals surface area contributed by atoms with Crippen LogP contribution in [-0.4, -0.2) is 11.0 Å². The minimum atomic E-state index is -0.245. The Hall–Kier alpha value is -1.75. The van der Waals surface area contributed by atoms with Crippen molar-refractivity contribution in [1.82, 2.24) is 0 Å². The summed E-state index contributed by atoms with van der Waals surface area (Å²) in [5.41, 5.74) is 1.03. The minimum absolute atomic E-state index is 0.0907. The number of aromatic hydroxyl groups is 1. The van der Waals surface area contributed by atoms with Crippen LogP contribution in [0.3, 0.4) is 0 Å². The van der Waals surface area contributed by atoms with E-state index in [0.29, 0.717) is 11.3 Å². The molecule has 2 aromatic carbocycles. The number of nitrogens with one attached hydrogen (secondary N) is 1. The quantitative estimate of drug-likeness (QED) is 0.634. The normalized spacial score (nSPS) is 10.8. The van der Waals surface area contributed by atoms with Crippen LogP contribution in [0.4, 0.5) is 5.69 Å². The molecule has 0 radical (unpaired) electrons. The fourth-order valence-electron chi connectivity index (χ4n) is 1.99. The lowest BCUT2D eigenvalue weighted by Gasteiger charge is -2.07. The third kappa shape index (κ3) is 2.70. The first-order valence-electron chi connectivity index (χ1n) is 6.02. The third-order valence-corrected chi connectivity index (χ3v) is 4.54. The Balaban J connectivity index is 1.93. The second kappa shape index (κ2) is 5.56. The minimum Gasteiger partial charge on any atom is -0.505 e. The van der Waals surface area contributed by atoms with Gasteiger partial charge in [0.25, 0.3) is 5.91 Å². The van der Waals surface area contributed by atoms with Gasteiger partial charge in [0.15, 0.2) is 5.75 Å². The molecule has 1 aromatic heterocycles. The number of carbonyl (C=O) groups excluding carboxylic acids is 1. The number of thiophene rings is 1. The molecule has 0 unspecified atom stereocenters. The number of hydrogen-bond donors (Lipinski definition) is 2. The van der Waals surface area contributed by atoms with Gasteiger partial charge in [-0.2, -0.15) is 0 Å². The van der Waals surface area contributed by atoms with Gasteiger partial charge >= 0.3 is 0 Å². The zero-order chi connectivity index (χ0) is 15.0. The molecule has 1 heterocycles. The largest absolute Gasteiger partial charge is 0.505 e. The van der Waals surface area contributed by atoms with Gasteiger partial charge in [0.05, 0.1) is 15.6 Å². The smallest absolute Gasteiger partial charge is 0.257 e. The van der Waals surface area contributed by atoms with Crippen molar-refractivity contribution in [3.8, 4) is 5.75 Å². The summed E-state index contributed by atoms with van der Waals surface area (Å²) in [5, 5.41) is 15.1. The van der Waals surface area contributed by atoms with Gasteiger partial charge in [0.1, 0.15) is 0 Å². The van der Waals surface area contributed by atoms with Crippen LogP contribution in [0.1, 0.15) is 10.4 Å². The molecule has 0 aliphatic rings. The maximum Gasteiger partial charge on any atom is 0.257 e. The average molecular weight is 338 g/mol. The second-order valence-electron chi connectivity index (χ2n) is 4.39. The topological polar surface area (TPSA) is 49.3 Å². The van der Waals surface area contributed by atoms with Crippen LogP contribution >= 0.6 is 34.5 Å². The molecule has 0 atom stereocenters. The van der Waals surface area contributed by atoms with Crippen molar-refractivity contribution in [2.75, 3.05) is 5.32 Å². The van der Waals surface area contributed by atoms with Crippen molar-refractivity contribution >= 4 is 56.2 Å². The highest BCUT2D eigenvalue weighted by Crippen LogP contribution is 2.35. The summed E-state index contributed by atoms with van der Waals surface area (Å²) in [7, 11) is 0. The van der Waals surface area contributed by atoms with E-state index in [2.05, 4.69) is 5.32 Å². The Bertz CT molecular complexity index is 822. The molecular weight excluding hydrogens is 329 g/mol. The summed E-state index contributed by atoms with van der Waals surface area (Å²) in [4.78, 5) is 12.3. The van der Waals surface area contributed by atoms with Gasteiger partial charge in [0, 0.05) is 21.2 Å². The number of halogens is 2. The van der Waals surface area contributed by atoms with Crippen LogP contribution in [-0.2, 0) is 0 Å².